The third-order valence-electron chi connectivity index (χ3n) is 4.69. The lowest BCUT2D eigenvalue weighted by Gasteiger charge is -2.31. The second-order valence-corrected chi connectivity index (χ2v) is 8.89. The number of alkyl halides is 3. The molecule has 0 bridgehead atoms. The highest BCUT2D eigenvalue weighted by molar-refractivity contribution is 7.88. The molecule has 1 fully saturated rings. The molecule has 8 nitrogen and oxygen atoms in total. The van der Waals surface area contributed by atoms with E-state index in [1.165, 1.54) is 0 Å². The quantitative estimate of drug-likeness (QED) is 0.630. The summed E-state index contributed by atoms with van der Waals surface area (Å²) in [6, 6.07) is 5.58. The van der Waals surface area contributed by atoms with Crippen LogP contribution in [-0.2, 0) is 10.0 Å². The zero-order valence-electron chi connectivity index (χ0n) is 16.1. The number of hydrogen-bond acceptors (Lipinski definition) is 6. The lowest BCUT2D eigenvalue weighted by molar-refractivity contribution is -0.182. The molecule has 4 rings (SSSR count). The van der Waals surface area contributed by atoms with Gasteiger partial charge in [-0.2, -0.15) is 13.2 Å². The molecule has 0 amide bonds. The molecule has 3 aromatic rings. The molecule has 3 N–H and O–H groups in total. The Balaban J connectivity index is 0.000000173. The maximum Gasteiger partial charge on any atom is 0.393 e. The number of sulfonamides is 1. The second-order valence-electron chi connectivity index (χ2n) is 6.90. The van der Waals surface area contributed by atoms with Crippen molar-refractivity contribution in [3.05, 3.63) is 36.8 Å². The number of nitrogens with one attached hydrogen (secondary N) is 1. The highest BCUT2D eigenvalue weighted by Crippen LogP contribution is 2.33. The van der Waals surface area contributed by atoms with E-state index >= 15 is 0 Å². The van der Waals surface area contributed by atoms with Crippen LogP contribution in [0.2, 0.25) is 0 Å². The molecule has 1 atom stereocenters. The van der Waals surface area contributed by atoms with E-state index in [0.29, 0.717) is 5.82 Å². The molecule has 1 saturated heterocycles. The predicted octanol–water partition coefficient (Wildman–Crippen LogP) is 2.82. The minimum Gasteiger partial charge on any atom is -0.383 e. The van der Waals surface area contributed by atoms with Crippen molar-refractivity contribution < 1.29 is 21.6 Å². The summed E-state index contributed by atoms with van der Waals surface area (Å²) >= 11 is 0. The van der Waals surface area contributed by atoms with Gasteiger partial charge in [-0.25, -0.2) is 27.7 Å². The van der Waals surface area contributed by atoms with Crippen molar-refractivity contribution in [2.45, 2.75) is 19.0 Å². The van der Waals surface area contributed by atoms with Gasteiger partial charge in [0.05, 0.1) is 24.1 Å². The van der Waals surface area contributed by atoms with E-state index in [1.807, 2.05) is 18.2 Å². The highest BCUT2D eigenvalue weighted by Gasteiger charge is 2.43. The molecule has 4 heterocycles. The smallest absolute Gasteiger partial charge is 0.383 e. The molecule has 1 aliphatic rings. The molecule has 0 radical (unpaired) electrons. The number of pyridine rings is 1. The van der Waals surface area contributed by atoms with Gasteiger partial charge in [0.15, 0.2) is 5.65 Å². The summed E-state index contributed by atoms with van der Waals surface area (Å²) in [5.74, 6) is -1.04. The predicted molar refractivity (Wildman–Crippen MR) is 107 cm³/mol. The van der Waals surface area contributed by atoms with Crippen LogP contribution >= 0.6 is 0 Å². The van der Waals surface area contributed by atoms with Crippen molar-refractivity contribution in [3.8, 4) is 11.3 Å². The van der Waals surface area contributed by atoms with Crippen LogP contribution in [0.4, 0.5) is 19.0 Å². The number of rotatable bonds is 2. The first-order chi connectivity index (χ1) is 14.1. The second kappa shape index (κ2) is 8.56. The zero-order valence-corrected chi connectivity index (χ0v) is 16.9. The topological polar surface area (TPSA) is 118 Å². The molecule has 0 aliphatic carbocycles. The Morgan fingerprint density at radius 2 is 2.03 bits per heavy atom. The van der Waals surface area contributed by atoms with Crippen molar-refractivity contribution in [1.82, 2.24) is 24.2 Å². The Kier molecular flexibility index (Phi) is 6.27. The molecule has 12 heteroatoms. The average molecular weight is 442 g/mol. The maximum atomic E-state index is 12.3. The van der Waals surface area contributed by atoms with Gasteiger partial charge in [0.1, 0.15) is 11.3 Å². The van der Waals surface area contributed by atoms with Crippen LogP contribution in [0.3, 0.4) is 0 Å². The van der Waals surface area contributed by atoms with Gasteiger partial charge in [0.25, 0.3) is 0 Å². The van der Waals surface area contributed by atoms with E-state index in [9.17, 15) is 21.6 Å². The number of piperidine rings is 1. The van der Waals surface area contributed by atoms with Crippen LogP contribution in [0.15, 0.2) is 36.8 Å². The first kappa shape index (κ1) is 22.0. The Morgan fingerprint density at radius 3 is 2.70 bits per heavy atom. The number of hydrogen-bond donors (Lipinski definition) is 2. The Labute approximate surface area is 171 Å². The average Bonchev–Trinajstić information content (AvgIpc) is 3.15. The van der Waals surface area contributed by atoms with Crippen LogP contribution in [0.25, 0.3) is 22.4 Å². The number of aromatic amines is 1. The first-order valence-electron chi connectivity index (χ1n) is 9.08. The van der Waals surface area contributed by atoms with Crippen LogP contribution in [0, 0.1) is 5.92 Å². The summed E-state index contributed by atoms with van der Waals surface area (Å²) in [5.41, 5.74) is 8.91. The van der Waals surface area contributed by atoms with Crippen molar-refractivity contribution >= 4 is 27.0 Å². The standard InChI is InChI=1S/C11H9N5.C7H12F3NO2S/c12-10-7(2-1-4-13-10)9-6-15-11-8(16-9)3-5-14-11;1-14(12,13)11-4-2-3-6(5-11)7(8,9)10/h1-6H,(H2,12,13)(H,14,15);6H,2-5H2,1H3. The van der Waals surface area contributed by atoms with Gasteiger partial charge in [0, 0.05) is 31.0 Å². The molecule has 0 aromatic carbocycles. The number of nitrogen functional groups attached to an aromatic ring is 1. The summed E-state index contributed by atoms with van der Waals surface area (Å²) in [5, 5.41) is 0. The number of anilines is 1. The van der Waals surface area contributed by atoms with Crippen molar-refractivity contribution in [3.63, 3.8) is 0 Å². The number of halogens is 3. The molecule has 0 spiro atoms. The Morgan fingerprint density at radius 1 is 1.27 bits per heavy atom. The van der Waals surface area contributed by atoms with Crippen molar-refractivity contribution in [1.29, 1.82) is 0 Å². The fraction of sp³-hybridized carbons (Fsp3) is 0.389. The largest absolute Gasteiger partial charge is 0.393 e. The number of H-pyrrole nitrogens is 1. The third kappa shape index (κ3) is 5.25. The SMILES string of the molecule is CS(=O)(=O)N1CCCC(C(F)(F)F)C1.Nc1ncccc1-c1cnc2[nH]ccc2n1. The van der Waals surface area contributed by atoms with E-state index in [1.54, 1.807) is 18.6 Å². The lowest BCUT2D eigenvalue weighted by Crippen LogP contribution is -2.44. The van der Waals surface area contributed by atoms with Gasteiger partial charge >= 0.3 is 6.18 Å². The number of nitrogens with zero attached hydrogens (tertiary/aromatic N) is 4. The van der Waals surface area contributed by atoms with Gasteiger partial charge in [-0.1, -0.05) is 0 Å². The molecule has 1 unspecified atom stereocenters. The summed E-state index contributed by atoms with van der Waals surface area (Å²) in [6.45, 7) is -0.228. The molecule has 3 aromatic heterocycles. The van der Waals surface area contributed by atoms with E-state index in [-0.39, 0.29) is 19.4 Å². The molecular weight excluding hydrogens is 421 g/mol. The van der Waals surface area contributed by atoms with Crippen LogP contribution in [0.1, 0.15) is 12.8 Å². The monoisotopic (exact) mass is 442 g/mol. The molecule has 0 saturated carbocycles. The number of nitrogens with two attached hydrogens (primary N) is 1. The van der Waals surface area contributed by atoms with E-state index in [4.69, 9.17) is 5.73 Å². The normalized spacial score (nSPS) is 18.1. The lowest BCUT2D eigenvalue weighted by atomic mass is 9.99. The van der Waals surface area contributed by atoms with E-state index < -0.39 is 28.7 Å². The molecule has 30 heavy (non-hydrogen) atoms. The minimum absolute atomic E-state index is 0.0233. The summed E-state index contributed by atoms with van der Waals surface area (Å²) in [4.78, 5) is 15.7. The van der Waals surface area contributed by atoms with Crippen LogP contribution < -0.4 is 5.73 Å². The summed E-state index contributed by atoms with van der Waals surface area (Å²) < 4.78 is 59.8. The van der Waals surface area contributed by atoms with Crippen molar-refractivity contribution in [2.75, 3.05) is 25.1 Å². The van der Waals surface area contributed by atoms with Gasteiger partial charge < -0.3 is 10.7 Å². The fourth-order valence-electron chi connectivity index (χ4n) is 3.11. The Hall–Kier alpha value is -2.73. The van der Waals surface area contributed by atoms with Gasteiger partial charge in [-0.05, 0) is 31.0 Å². The number of fused-ring (bicyclic) bond motifs is 1. The minimum atomic E-state index is -4.29. The van der Waals surface area contributed by atoms with Gasteiger partial charge in [-0.3, -0.25) is 0 Å². The molecule has 1 aliphatic heterocycles. The van der Waals surface area contributed by atoms with Crippen LogP contribution in [0.5, 0.6) is 0 Å². The van der Waals surface area contributed by atoms with Gasteiger partial charge in [-0.15, -0.1) is 0 Å². The summed E-state index contributed by atoms with van der Waals surface area (Å²) in [7, 11) is -3.49. The zero-order chi connectivity index (χ0) is 21.9. The van der Waals surface area contributed by atoms with Crippen LogP contribution in [-0.4, -0.2) is 58.2 Å². The highest BCUT2D eigenvalue weighted by atomic mass is 32.2. The molecular formula is C18H21F3N6O2S. The van der Waals surface area contributed by atoms with E-state index in [0.717, 1.165) is 33.0 Å². The molecule has 162 valence electrons. The maximum absolute atomic E-state index is 12.3. The summed E-state index contributed by atoms with van der Waals surface area (Å²) in [6.07, 6.45) is 2.09. The fourth-order valence-corrected chi connectivity index (χ4v) is 4.02. The first-order valence-corrected chi connectivity index (χ1v) is 10.9. The Bertz CT molecular complexity index is 1120. The third-order valence-corrected chi connectivity index (χ3v) is 5.96. The van der Waals surface area contributed by atoms with E-state index in [2.05, 4.69) is 19.9 Å². The van der Waals surface area contributed by atoms with Gasteiger partial charge in [0.2, 0.25) is 10.0 Å². The van der Waals surface area contributed by atoms with Crippen molar-refractivity contribution in [2.24, 2.45) is 5.92 Å². The number of aromatic nitrogens is 4.